The first-order valence-corrected chi connectivity index (χ1v) is 11.2. The van der Waals surface area contributed by atoms with Crippen LogP contribution in [-0.2, 0) is 11.3 Å². The predicted octanol–water partition coefficient (Wildman–Crippen LogP) is 4.31. The van der Waals surface area contributed by atoms with E-state index in [0.29, 0.717) is 40.3 Å². The van der Waals surface area contributed by atoms with E-state index in [2.05, 4.69) is 21.9 Å². The number of hydrogen-bond acceptors (Lipinski definition) is 5. The van der Waals surface area contributed by atoms with Crippen molar-refractivity contribution < 1.29 is 9.53 Å². The van der Waals surface area contributed by atoms with Crippen molar-refractivity contribution in [1.29, 1.82) is 0 Å². The maximum absolute atomic E-state index is 13.1. The van der Waals surface area contributed by atoms with E-state index in [1.165, 1.54) is 0 Å². The fraction of sp³-hybridized carbons (Fsp3) is 0.348. The molecule has 1 aliphatic heterocycles. The summed E-state index contributed by atoms with van der Waals surface area (Å²) in [5.41, 5.74) is 3.06. The fourth-order valence-electron chi connectivity index (χ4n) is 3.97. The minimum Gasteiger partial charge on any atom is -0.495 e. The summed E-state index contributed by atoms with van der Waals surface area (Å²) in [6.45, 7) is 6.11. The molecular formula is C23H25Cl2N5O2. The van der Waals surface area contributed by atoms with Gasteiger partial charge in [-0.25, -0.2) is 0 Å². The molecule has 3 heterocycles. The minimum absolute atomic E-state index is 0.0145. The molecule has 1 aromatic carbocycles. The summed E-state index contributed by atoms with van der Waals surface area (Å²) in [6.07, 6.45) is 1.70. The summed E-state index contributed by atoms with van der Waals surface area (Å²) in [5.74, 6) is 0.658. The SMILES string of the molecule is COc1cc(N2CCN(C(=O)Cn3nc(-c4ccccn4)c(Cl)c3C)[C@@H](C)C2)ccc1Cl. The zero-order valence-corrected chi connectivity index (χ0v) is 19.8. The third-order valence-corrected chi connectivity index (χ3v) is 6.54. The van der Waals surface area contributed by atoms with E-state index < -0.39 is 0 Å². The fourth-order valence-corrected chi connectivity index (χ4v) is 4.40. The number of rotatable bonds is 5. The van der Waals surface area contributed by atoms with Gasteiger partial charge in [0.2, 0.25) is 5.91 Å². The van der Waals surface area contributed by atoms with Crippen LogP contribution in [0.4, 0.5) is 5.69 Å². The lowest BCUT2D eigenvalue weighted by molar-refractivity contribution is -0.134. The number of carbonyl (C=O) groups is 1. The zero-order chi connectivity index (χ0) is 22.8. The number of nitrogens with zero attached hydrogens (tertiary/aromatic N) is 5. The lowest BCUT2D eigenvalue weighted by Crippen LogP contribution is -2.54. The van der Waals surface area contributed by atoms with Gasteiger partial charge in [0.15, 0.2) is 0 Å². The van der Waals surface area contributed by atoms with Crippen molar-refractivity contribution in [2.75, 3.05) is 31.6 Å². The topological polar surface area (TPSA) is 63.5 Å². The first kappa shape index (κ1) is 22.4. The molecule has 0 unspecified atom stereocenters. The number of piperazine rings is 1. The van der Waals surface area contributed by atoms with Gasteiger partial charge in [-0.3, -0.25) is 14.5 Å². The molecular weight excluding hydrogens is 449 g/mol. The van der Waals surface area contributed by atoms with E-state index in [0.717, 1.165) is 17.9 Å². The maximum atomic E-state index is 13.1. The summed E-state index contributed by atoms with van der Waals surface area (Å²) >= 11 is 12.6. The summed E-state index contributed by atoms with van der Waals surface area (Å²) in [6, 6.07) is 11.4. The maximum Gasteiger partial charge on any atom is 0.244 e. The van der Waals surface area contributed by atoms with Crippen molar-refractivity contribution >= 4 is 34.8 Å². The molecule has 0 N–H and O–H groups in total. The molecule has 32 heavy (non-hydrogen) atoms. The normalized spacial score (nSPS) is 16.3. The van der Waals surface area contributed by atoms with Gasteiger partial charge in [-0.15, -0.1) is 0 Å². The molecule has 1 fully saturated rings. The molecule has 0 aliphatic carbocycles. The Hall–Kier alpha value is -2.77. The van der Waals surface area contributed by atoms with Crippen molar-refractivity contribution in [2.45, 2.75) is 26.4 Å². The van der Waals surface area contributed by atoms with Gasteiger partial charge in [0.05, 0.1) is 28.5 Å². The van der Waals surface area contributed by atoms with Crippen LogP contribution < -0.4 is 9.64 Å². The first-order valence-electron chi connectivity index (χ1n) is 10.4. The second-order valence-corrected chi connectivity index (χ2v) is 8.61. The Kier molecular flexibility index (Phi) is 6.58. The highest BCUT2D eigenvalue weighted by Crippen LogP contribution is 2.31. The molecule has 1 aliphatic rings. The van der Waals surface area contributed by atoms with Crippen LogP contribution in [0.1, 0.15) is 12.6 Å². The van der Waals surface area contributed by atoms with Crippen LogP contribution in [-0.4, -0.2) is 58.4 Å². The molecule has 0 saturated carbocycles. The lowest BCUT2D eigenvalue weighted by Gasteiger charge is -2.41. The van der Waals surface area contributed by atoms with Crippen LogP contribution in [0.2, 0.25) is 10.0 Å². The Labute approximate surface area is 197 Å². The van der Waals surface area contributed by atoms with Gasteiger partial charge < -0.3 is 14.5 Å². The molecule has 168 valence electrons. The van der Waals surface area contributed by atoms with E-state index >= 15 is 0 Å². The minimum atomic E-state index is 0.0145. The molecule has 7 nitrogen and oxygen atoms in total. The number of carbonyl (C=O) groups excluding carboxylic acids is 1. The highest BCUT2D eigenvalue weighted by atomic mass is 35.5. The van der Waals surface area contributed by atoms with Crippen molar-refractivity contribution in [2.24, 2.45) is 0 Å². The number of pyridine rings is 1. The molecule has 3 aromatic rings. The standard InChI is InChI=1S/C23H25Cl2N5O2/c1-15-13-28(17-7-8-18(24)20(12-17)32-3)10-11-29(15)21(31)14-30-16(2)22(25)23(27-30)19-6-4-5-9-26-19/h4-9,12,15H,10-11,13-14H2,1-3H3/t15-/m0/s1. The summed E-state index contributed by atoms with van der Waals surface area (Å²) < 4.78 is 7.00. The van der Waals surface area contributed by atoms with Crippen LogP contribution >= 0.6 is 23.2 Å². The highest BCUT2D eigenvalue weighted by Gasteiger charge is 2.29. The van der Waals surface area contributed by atoms with Crippen LogP contribution in [0.15, 0.2) is 42.6 Å². The van der Waals surface area contributed by atoms with E-state index in [-0.39, 0.29) is 18.5 Å². The number of hydrogen-bond donors (Lipinski definition) is 0. The van der Waals surface area contributed by atoms with Gasteiger partial charge in [0.1, 0.15) is 18.0 Å². The highest BCUT2D eigenvalue weighted by molar-refractivity contribution is 6.33. The number of amides is 1. The molecule has 1 atom stereocenters. The number of benzene rings is 1. The van der Waals surface area contributed by atoms with E-state index in [9.17, 15) is 4.79 Å². The quantitative estimate of drug-likeness (QED) is 0.552. The van der Waals surface area contributed by atoms with Crippen LogP contribution in [0.25, 0.3) is 11.4 Å². The number of anilines is 1. The van der Waals surface area contributed by atoms with Crippen LogP contribution in [0, 0.1) is 6.92 Å². The summed E-state index contributed by atoms with van der Waals surface area (Å²) in [7, 11) is 1.60. The van der Waals surface area contributed by atoms with Crippen molar-refractivity contribution in [1.82, 2.24) is 19.7 Å². The van der Waals surface area contributed by atoms with E-state index in [4.69, 9.17) is 27.9 Å². The van der Waals surface area contributed by atoms with Gasteiger partial charge >= 0.3 is 0 Å². The Morgan fingerprint density at radius 1 is 1.22 bits per heavy atom. The van der Waals surface area contributed by atoms with Gasteiger partial charge in [-0.2, -0.15) is 5.10 Å². The molecule has 0 radical (unpaired) electrons. The number of aromatic nitrogens is 3. The molecule has 1 saturated heterocycles. The third-order valence-electron chi connectivity index (χ3n) is 5.77. The van der Waals surface area contributed by atoms with Crippen LogP contribution in [0.5, 0.6) is 5.75 Å². The van der Waals surface area contributed by atoms with Gasteiger partial charge in [0.25, 0.3) is 0 Å². The molecule has 4 rings (SSSR count). The average Bonchev–Trinajstić information content (AvgIpc) is 3.08. The molecule has 0 bridgehead atoms. The van der Waals surface area contributed by atoms with E-state index in [1.54, 1.807) is 18.0 Å². The molecule has 9 heteroatoms. The molecule has 0 spiro atoms. The second kappa shape index (κ2) is 9.38. The van der Waals surface area contributed by atoms with Gasteiger partial charge in [-0.1, -0.05) is 29.3 Å². The third kappa shape index (κ3) is 4.40. The van der Waals surface area contributed by atoms with Gasteiger partial charge in [0, 0.05) is 43.6 Å². The summed E-state index contributed by atoms with van der Waals surface area (Å²) in [5, 5.41) is 5.67. The van der Waals surface area contributed by atoms with Crippen molar-refractivity contribution in [3.63, 3.8) is 0 Å². The number of ether oxygens (including phenoxy) is 1. The van der Waals surface area contributed by atoms with Crippen LogP contribution in [0.3, 0.4) is 0 Å². The number of halogens is 2. The van der Waals surface area contributed by atoms with Gasteiger partial charge in [-0.05, 0) is 38.1 Å². The van der Waals surface area contributed by atoms with Crippen molar-refractivity contribution in [3.8, 4) is 17.1 Å². The Balaban J connectivity index is 1.45. The summed E-state index contributed by atoms with van der Waals surface area (Å²) in [4.78, 5) is 21.6. The average molecular weight is 474 g/mol. The molecule has 2 aromatic heterocycles. The second-order valence-electron chi connectivity index (χ2n) is 7.82. The smallest absolute Gasteiger partial charge is 0.244 e. The Morgan fingerprint density at radius 2 is 2.03 bits per heavy atom. The largest absolute Gasteiger partial charge is 0.495 e. The zero-order valence-electron chi connectivity index (χ0n) is 18.3. The lowest BCUT2D eigenvalue weighted by atomic mass is 10.1. The number of methoxy groups -OCH3 is 1. The first-order chi connectivity index (χ1) is 15.4. The predicted molar refractivity (Wildman–Crippen MR) is 127 cm³/mol. The van der Waals surface area contributed by atoms with Crippen molar-refractivity contribution in [3.05, 3.63) is 58.3 Å². The Bertz CT molecular complexity index is 1120. The monoisotopic (exact) mass is 473 g/mol. The Morgan fingerprint density at radius 3 is 2.72 bits per heavy atom. The van der Waals surface area contributed by atoms with E-state index in [1.807, 2.05) is 48.2 Å². The molecule has 1 amide bonds.